The third kappa shape index (κ3) is 5.56. The van der Waals surface area contributed by atoms with E-state index >= 15 is 0 Å². The van der Waals surface area contributed by atoms with Crippen molar-refractivity contribution in [2.75, 3.05) is 5.32 Å². The fourth-order valence-corrected chi connectivity index (χ4v) is 3.58. The van der Waals surface area contributed by atoms with E-state index in [2.05, 4.69) is 16.5 Å². The van der Waals surface area contributed by atoms with E-state index in [4.69, 9.17) is 16.3 Å². The van der Waals surface area contributed by atoms with Gasteiger partial charge in [-0.3, -0.25) is 9.48 Å². The lowest BCUT2D eigenvalue weighted by atomic mass is 10.1. The van der Waals surface area contributed by atoms with Crippen molar-refractivity contribution in [3.63, 3.8) is 0 Å². The number of halogens is 1. The summed E-state index contributed by atoms with van der Waals surface area (Å²) in [6.07, 6.45) is 3.43. The van der Waals surface area contributed by atoms with Crippen molar-refractivity contribution in [1.29, 1.82) is 0 Å². The summed E-state index contributed by atoms with van der Waals surface area (Å²) in [7, 11) is 0. The largest absolute Gasteiger partial charge is 0.489 e. The van der Waals surface area contributed by atoms with Gasteiger partial charge in [0.15, 0.2) is 0 Å². The molecule has 0 spiro atoms. The highest BCUT2D eigenvalue weighted by atomic mass is 35.5. The van der Waals surface area contributed by atoms with Crippen LogP contribution in [0.4, 0.5) is 5.69 Å². The summed E-state index contributed by atoms with van der Waals surface area (Å²) in [5, 5.41) is 7.91. The summed E-state index contributed by atoms with van der Waals surface area (Å²) in [5.74, 6) is 0.660. The predicted molar refractivity (Wildman–Crippen MR) is 127 cm³/mol. The van der Waals surface area contributed by atoms with Crippen LogP contribution in [0.25, 0.3) is 0 Å². The molecular weight excluding hydrogens is 422 g/mol. The minimum Gasteiger partial charge on any atom is -0.489 e. The zero-order chi connectivity index (χ0) is 22.5. The number of aryl methyl sites for hydroxylation is 2. The Morgan fingerprint density at radius 2 is 1.84 bits per heavy atom. The zero-order valence-electron chi connectivity index (χ0n) is 18.0. The van der Waals surface area contributed by atoms with E-state index in [0.717, 1.165) is 28.0 Å². The molecule has 0 saturated carbocycles. The Balaban J connectivity index is 1.38. The van der Waals surface area contributed by atoms with Gasteiger partial charge in [-0.25, -0.2) is 0 Å². The number of carbonyl (C=O) groups excluding carboxylic acids is 1. The lowest BCUT2D eigenvalue weighted by molar-refractivity contribution is 0.102. The number of anilines is 1. The van der Waals surface area contributed by atoms with Crippen LogP contribution < -0.4 is 10.1 Å². The highest BCUT2D eigenvalue weighted by molar-refractivity contribution is 6.30. The number of hydrogen-bond donors (Lipinski definition) is 1. The molecule has 0 aliphatic heterocycles. The second-order valence-electron chi connectivity index (χ2n) is 7.77. The van der Waals surface area contributed by atoms with E-state index < -0.39 is 0 Å². The van der Waals surface area contributed by atoms with Crippen LogP contribution in [0.3, 0.4) is 0 Å². The molecule has 0 saturated heterocycles. The summed E-state index contributed by atoms with van der Waals surface area (Å²) in [5.41, 5.74) is 5.39. The second kappa shape index (κ2) is 9.71. The molecule has 3 aromatic carbocycles. The summed E-state index contributed by atoms with van der Waals surface area (Å²) >= 11 is 6.04. The minimum absolute atomic E-state index is 0.194. The first-order valence-electron chi connectivity index (χ1n) is 10.3. The van der Waals surface area contributed by atoms with Gasteiger partial charge in [0.05, 0.1) is 18.4 Å². The van der Waals surface area contributed by atoms with Crippen molar-refractivity contribution >= 4 is 23.2 Å². The van der Waals surface area contributed by atoms with Crippen LogP contribution in [0, 0.1) is 13.8 Å². The molecule has 0 bridgehead atoms. The SMILES string of the molecule is Cc1ccc(C)c(OCc2cccc(C(=O)Nc3cnn(Cc4cccc(Cl)c4)c3)c2)c1. The maximum Gasteiger partial charge on any atom is 0.255 e. The lowest BCUT2D eigenvalue weighted by Gasteiger charge is -2.11. The molecule has 0 aliphatic rings. The molecule has 4 rings (SSSR count). The molecule has 1 heterocycles. The van der Waals surface area contributed by atoms with Crippen LogP contribution in [-0.2, 0) is 13.2 Å². The Morgan fingerprint density at radius 3 is 2.69 bits per heavy atom. The number of nitrogens with zero attached hydrogens (tertiary/aromatic N) is 2. The first kappa shape index (κ1) is 21.7. The summed E-state index contributed by atoms with van der Waals surface area (Å²) < 4.78 is 7.73. The van der Waals surface area contributed by atoms with Gasteiger partial charge in [0, 0.05) is 16.8 Å². The van der Waals surface area contributed by atoms with Crippen LogP contribution in [0.2, 0.25) is 5.02 Å². The van der Waals surface area contributed by atoms with Gasteiger partial charge in [-0.15, -0.1) is 0 Å². The highest BCUT2D eigenvalue weighted by Gasteiger charge is 2.10. The second-order valence-corrected chi connectivity index (χ2v) is 8.21. The van der Waals surface area contributed by atoms with Gasteiger partial charge in [0.1, 0.15) is 12.4 Å². The number of nitrogens with one attached hydrogen (secondary N) is 1. The number of aromatic nitrogens is 2. The van der Waals surface area contributed by atoms with Crippen LogP contribution in [0.15, 0.2) is 79.1 Å². The van der Waals surface area contributed by atoms with Gasteiger partial charge in [0.25, 0.3) is 5.91 Å². The van der Waals surface area contributed by atoms with Gasteiger partial charge >= 0.3 is 0 Å². The fourth-order valence-electron chi connectivity index (χ4n) is 3.37. The van der Waals surface area contributed by atoms with Gasteiger partial charge in [-0.2, -0.15) is 5.10 Å². The molecule has 1 amide bonds. The number of ether oxygens (including phenoxy) is 1. The van der Waals surface area contributed by atoms with Crippen molar-refractivity contribution in [2.45, 2.75) is 27.0 Å². The zero-order valence-corrected chi connectivity index (χ0v) is 18.8. The van der Waals surface area contributed by atoms with E-state index in [1.165, 1.54) is 0 Å². The van der Waals surface area contributed by atoms with Crippen molar-refractivity contribution in [2.24, 2.45) is 0 Å². The maximum absolute atomic E-state index is 12.7. The quantitative estimate of drug-likeness (QED) is 0.377. The predicted octanol–water partition coefficient (Wildman–Crippen LogP) is 6.03. The Labute approximate surface area is 192 Å². The Morgan fingerprint density at radius 1 is 1.03 bits per heavy atom. The van der Waals surface area contributed by atoms with E-state index in [-0.39, 0.29) is 5.91 Å². The highest BCUT2D eigenvalue weighted by Crippen LogP contribution is 2.21. The fraction of sp³-hybridized carbons (Fsp3) is 0.154. The first-order chi connectivity index (χ1) is 15.5. The number of rotatable bonds is 7. The van der Waals surface area contributed by atoms with Crippen molar-refractivity contribution < 1.29 is 9.53 Å². The molecule has 0 atom stereocenters. The molecular formula is C26H24ClN3O2. The number of benzene rings is 3. The average Bonchev–Trinajstić information content (AvgIpc) is 3.21. The van der Waals surface area contributed by atoms with Crippen molar-refractivity contribution in [1.82, 2.24) is 9.78 Å². The van der Waals surface area contributed by atoms with E-state index in [1.807, 2.05) is 68.4 Å². The standard InChI is InChI=1S/C26H24ClN3O2/c1-18-9-10-19(2)25(11-18)32-17-21-6-3-7-22(12-21)26(31)29-24-14-28-30(16-24)15-20-5-4-8-23(27)13-20/h3-14,16H,15,17H2,1-2H3,(H,29,31). The number of amides is 1. The minimum atomic E-state index is -0.194. The van der Waals surface area contributed by atoms with Crippen LogP contribution in [0.1, 0.15) is 32.6 Å². The third-order valence-corrected chi connectivity index (χ3v) is 5.29. The molecule has 5 nitrogen and oxygen atoms in total. The molecule has 1 N–H and O–H groups in total. The first-order valence-corrected chi connectivity index (χ1v) is 10.7. The van der Waals surface area contributed by atoms with Crippen molar-refractivity contribution in [3.8, 4) is 5.75 Å². The Kier molecular flexibility index (Phi) is 6.57. The summed E-state index contributed by atoms with van der Waals surface area (Å²) in [6.45, 7) is 5.02. The summed E-state index contributed by atoms with van der Waals surface area (Å²) in [6, 6.07) is 21.2. The van der Waals surface area contributed by atoms with E-state index in [0.29, 0.717) is 29.4 Å². The molecule has 0 aliphatic carbocycles. The molecule has 0 radical (unpaired) electrons. The van der Waals surface area contributed by atoms with Gasteiger partial charge < -0.3 is 10.1 Å². The number of carbonyl (C=O) groups is 1. The number of hydrogen-bond acceptors (Lipinski definition) is 3. The molecule has 0 unspecified atom stereocenters. The average molecular weight is 446 g/mol. The molecule has 1 aromatic heterocycles. The molecule has 32 heavy (non-hydrogen) atoms. The van der Waals surface area contributed by atoms with Gasteiger partial charge in [-0.05, 0) is 66.4 Å². The molecule has 4 aromatic rings. The van der Waals surface area contributed by atoms with Crippen molar-refractivity contribution in [3.05, 3.63) is 112 Å². The normalized spacial score (nSPS) is 10.7. The Bertz CT molecular complexity index is 1250. The van der Waals surface area contributed by atoms with Crippen LogP contribution >= 0.6 is 11.6 Å². The third-order valence-electron chi connectivity index (χ3n) is 5.05. The van der Waals surface area contributed by atoms with E-state index in [1.54, 1.807) is 23.1 Å². The van der Waals surface area contributed by atoms with Crippen LogP contribution in [0.5, 0.6) is 5.75 Å². The Hall–Kier alpha value is -3.57. The smallest absolute Gasteiger partial charge is 0.255 e. The molecule has 6 heteroatoms. The van der Waals surface area contributed by atoms with Gasteiger partial charge in [0.2, 0.25) is 0 Å². The monoisotopic (exact) mass is 445 g/mol. The van der Waals surface area contributed by atoms with Crippen LogP contribution in [-0.4, -0.2) is 15.7 Å². The van der Waals surface area contributed by atoms with Gasteiger partial charge in [-0.1, -0.05) is 48.0 Å². The topological polar surface area (TPSA) is 56.1 Å². The molecule has 0 fully saturated rings. The summed E-state index contributed by atoms with van der Waals surface area (Å²) in [4.78, 5) is 12.7. The maximum atomic E-state index is 12.7. The lowest BCUT2D eigenvalue weighted by Crippen LogP contribution is -2.12. The molecule has 162 valence electrons. The van der Waals surface area contributed by atoms with E-state index in [9.17, 15) is 4.79 Å².